The maximum Gasteiger partial charge on any atom is 0.360 e. The Morgan fingerprint density at radius 1 is 1.38 bits per heavy atom. The van der Waals surface area contributed by atoms with Gasteiger partial charge in [-0.2, -0.15) is 0 Å². The molecule has 2 aromatic rings. The summed E-state index contributed by atoms with van der Waals surface area (Å²) in [4.78, 5) is 11.7. The number of aryl methyl sites for hydroxylation is 2. The van der Waals surface area contributed by atoms with Crippen LogP contribution in [0, 0.1) is 13.8 Å². The van der Waals surface area contributed by atoms with Gasteiger partial charge in [0.1, 0.15) is 0 Å². The predicted molar refractivity (Wildman–Crippen MR) is 79.1 cm³/mol. The molecule has 2 N–H and O–H groups in total. The van der Waals surface area contributed by atoms with Crippen LogP contribution in [0.1, 0.15) is 32.9 Å². The van der Waals surface area contributed by atoms with Crippen LogP contribution in [0.2, 0.25) is 0 Å². The molecule has 0 saturated heterocycles. The summed E-state index contributed by atoms with van der Waals surface area (Å²) in [5, 5.41) is 8.02. The van der Waals surface area contributed by atoms with Crippen LogP contribution in [-0.2, 0) is 17.7 Å². The summed E-state index contributed by atoms with van der Waals surface area (Å²) in [6, 6.07) is 6.26. The van der Waals surface area contributed by atoms with Gasteiger partial charge in [0, 0.05) is 6.42 Å². The average molecular weight is 288 g/mol. The predicted octanol–water partition coefficient (Wildman–Crippen LogP) is 1.23. The van der Waals surface area contributed by atoms with Crippen molar-refractivity contribution in [2.45, 2.75) is 26.8 Å². The van der Waals surface area contributed by atoms with E-state index in [-0.39, 0.29) is 5.69 Å². The number of esters is 1. The Morgan fingerprint density at radius 3 is 2.81 bits per heavy atom. The minimum atomic E-state index is -0.481. The monoisotopic (exact) mass is 288 g/mol. The second-order valence-corrected chi connectivity index (χ2v) is 5.00. The van der Waals surface area contributed by atoms with E-state index in [1.807, 2.05) is 6.92 Å². The number of aromatic nitrogens is 3. The third kappa shape index (κ3) is 3.28. The van der Waals surface area contributed by atoms with Crippen molar-refractivity contribution in [1.82, 2.24) is 15.0 Å². The van der Waals surface area contributed by atoms with E-state index < -0.39 is 5.97 Å². The molecule has 0 fully saturated rings. The van der Waals surface area contributed by atoms with Crippen LogP contribution in [0.4, 0.5) is 0 Å². The van der Waals surface area contributed by atoms with Gasteiger partial charge in [-0.3, -0.25) is 0 Å². The summed E-state index contributed by atoms with van der Waals surface area (Å²) in [5.74, 6) is -0.481. The Balaban J connectivity index is 2.37. The molecule has 0 spiro atoms. The lowest BCUT2D eigenvalue weighted by molar-refractivity contribution is 0.0592. The minimum absolute atomic E-state index is 0.244. The molecule has 1 aromatic heterocycles. The zero-order valence-electron chi connectivity index (χ0n) is 12.6. The number of carbonyl (C=O) groups is 1. The van der Waals surface area contributed by atoms with Crippen molar-refractivity contribution in [3.8, 4) is 0 Å². The fraction of sp³-hybridized carbons (Fsp3) is 0.400. The molecule has 0 aliphatic rings. The highest BCUT2D eigenvalue weighted by atomic mass is 16.5. The van der Waals surface area contributed by atoms with Crippen LogP contribution in [0.5, 0.6) is 0 Å². The van der Waals surface area contributed by atoms with Crippen LogP contribution in [0.25, 0.3) is 0 Å². The fourth-order valence-corrected chi connectivity index (χ4v) is 2.23. The van der Waals surface area contributed by atoms with Gasteiger partial charge in [0.2, 0.25) is 0 Å². The van der Waals surface area contributed by atoms with E-state index in [4.69, 9.17) is 10.5 Å². The molecule has 0 aliphatic carbocycles. The van der Waals surface area contributed by atoms with E-state index in [2.05, 4.69) is 35.4 Å². The molecule has 0 saturated carbocycles. The van der Waals surface area contributed by atoms with Gasteiger partial charge >= 0.3 is 5.97 Å². The van der Waals surface area contributed by atoms with Gasteiger partial charge < -0.3 is 10.5 Å². The third-order valence-corrected chi connectivity index (χ3v) is 3.42. The third-order valence-electron chi connectivity index (χ3n) is 3.42. The number of benzene rings is 1. The summed E-state index contributed by atoms with van der Waals surface area (Å²) >= 11 is 0. The van der Waals surface area contributed by atoms with Crippen LogP contribution in [0.15, 0.2) is 18.2 Å². The van der Waals surface area contributed by atoms with E-state index in [0.29, 0.717) is 25.2 Å². The highest BCUT2D eigenvalue weighted by molar-refractivity contribution is 5.88. The second kappa shape index (κ2) is 6.49. The fourth-order valence-electron chi connectivity index (χ4n) is 2.23. The molecular formula is C15H20N4O2. The highest BCUT2D eigenvalue weighted by Crippen LogP contribution is 2.15. The Labute approximate surface area is 123 Å². The van der Waals surface area contributed by atoms with Crippen molar-refractivity contribution in [1.29, 1.82) is 0 Å². The molecule has 1 aromatic carbocycles. The highest BCUT2D eigenvalue weighted by Gasteiger charge is 2.20. The van der Waals surface area contributed by atoms with E-state index in [0.717, 1.165) is 5.56 Å². The molecule has 0 bridgehead atoms. The lowest BCUT2D eigenvalue weighted by atomic mass is 10.1. The summed E-state index contributed by atoms with van der Waals surface area (Å²) in [5.41, 5.74) is 10.1. The topological polar surface area (TPSA) is 83.0 Å². The maximum absolute atomic E-state index is 11.7. The van der Waals surface area contributed by atoms with Crippen molar-refractivity contribution in [3.05, 3.63) is 46.3 Å². The summed E-state index contributed by atoms with van der Waals surface area (Å²) in [7, 11) is 1.33. The zero-order valence-corrected chi connectivity index (χ0v) is 12.6. The van der Waals surface area contributed by atoms with Gasteiger partial charge in [-0.25, -0.2) is 9.48 Å². The van der Waals surface area contributed by atoms with Gasteiger partial charge in [-0.1, -0.05) is 29.0 Å². The largest absolute Gasteiger partial charge is 0.464 e. The molecule has 1 heterocycles. The number of hydrogen-bond donors (Lipinski definition) is 1. The molecular weight excluding hydrogens is 268 g/mol. The number of nitrogens with zero attached hydrogens (tertiary/aromatic N) is 3. The number of nitrogens with two attached hydrogens (primary N) is 1. The molecule has 6 heteroatoms. The Hall–Kier alpha value is -2.21. The van der Waals surface area contributed by atoms with E-state index in [1.54, 1.807) is 4.68 Å². The standard InChI is InChI=1S/C15H20N4O2/c1-10-4-5-11(2)12(8-10)9-19-13(6-7-16)14(17-18-19)15(20)21-3/h4-5,8H,6-7,9,16H2,1-3H3. The van der Waals surface area contributed by atoms with Crippen molar-refractivity contribution in [3.63, 3.8) is 0 Å². The van der Waals surface area contributed by atoms with Crippen LogP contribution in [-0.4, -0.2) is 34.6 Å². The van der Waals surface area contributed by atoms with Crippen molar-refractivity contribution in [2.24, 2.45) is 5.73 Å². The number of rotatable bonds is 5. The number of carbonyl (C=O) groups excluding carboxylic acids is 1. The van der Waals surface area contributed by atoms with Crippen molar-refractivity contribution in [2.75, 3.05) is 13.7 Å². The molecule has 0 radical (unpaired) electrons. The van der Waals surface area contributed by atoms with Gasteiger partial charge in [0.05, 0.1) is 19.3 Å². The van der Waals surface area contributed by atoms with Gasteiger partial charge in [-0.15, -0.1) is 5.10 Å². The Bertz CT molecular complexity index is 649. The van der Waals surface area contributed by atoms with Gasteiger partial charge in [0.15, 0.2) is 5.69 Å². The number of ether oxygens (including phenoxy) is 1. The minimum Gasteiger partial charge on any atom is -0.464 e. The molecule has 0 amide bonds. The van der Waals surface area contributed by atoms with Crippen LogP contribution in [0.3, 0.4) is 0 Å². The summed E-state index contributed by atoms with van der Waals surface area (Å²) in [6.45, 7) is 5.08. The Kier molecular flexibility index (Phi) is 4.70. The molecule has 0 unspecified atom stereocenters. The number of methoxy groups -OCH3 is 1. The molecule has 112 valence electrons. The van der Waals surface area contributed by atoms with Crippen LogP contribution < -0.4 is 5.73 Å². The van der Waals surface area contributed by atoms with Crippen LogP contribution >= 0.6 is 0 Å². The lowest BCUT2D eigenvalue weighted by Gasteiger charge is -2.10. The first-order valence-corrected chi connectivity index (χ1v) is 6.83. The maximum atomic E-state index is 11.7. The summed E-state index contributed by atoms with van der Waals surface area (Å²) < 4.78 is 6.46. The molecule has 2 rings (SSSR count). The zero-order chi connectivity index (χ0) is 15.4. The molecule has 0 aliphatic heterocycles. The van der Waals surface area contributed by atoms with Crippen molar-refractivity contribution < 1.29 is 9.53 Å². The first-order valence-electron chi connectivity index (χ1n) is 6.83. The lowest BCUT2D eigenvalue weighted by Crippen LogP contribution is -2.15. The SMILES string of the molecule is COC(=O)c1nnn(Cc2cc(C)ccc2C)c1CCN. The number of hydrogen-bond acceptors (Lipinski definition) is 5. The van der Waals surface area contributed by atoms with Gasteiger partial charge in [-0.05, 0) is 31.5 Å². The molecule has 21 heavy (non-hydrogen) atoms. The van der Waals surface area contributed by atoms with E-state index >= 15 is 0 Å². The smallest absolute Gasteiger partial charge is 0.360 e. The van der Waals surface area contributed by atoms with E-state index in [1.165, 1.54) is 18.2 Å². The second-order valence-electron chi connectivity index (χ2n) is 5.00. The van der Waals surface area contributed by atoms with E-state index in [9.17, 15) is 4.79 Å². The summed E-state index contributed by atoms with van der Waals surface area (Å²) in [6.07, 6.45) is 0.530. The quantitative estimate of drug-likeness (QED) is 0.837. The first kappa shape index (κ1) is 15.2. The normalized spacial score (nSPS) is 10.7. The average Bonchev–Trinajstić information content (AvgIpc) is 2.85. The van der Waals surface area contributed by atoms with Crippen molar-refractivity contribution >= 4 is 5.97 Å². The molecule has 0 atom stereocenters. The first-order chi connectivity index (χ1) is 10.1. The van der Waals surface area contributed by atoms with Gasteiger partial charge in [0.25, 0.3) is 0 Å². The Morgan fingerprint density at radius 2 is 2.14 bits per heavy atom. The molecule has 6 nitrogen and oxygen atoms in total.